The molecule has 1 amide bonds. The number of nitrogens with one attached hydrogen (secondary N) is 1. The predicted octanol–water partition coefficient (Wildman–Crippen LogP) is 4.31. The van der Waals surface area contributed by atoms with Crippen LogP contribution in [0, 0.1) is 5.92 Å². The van der Waals surface area contributed by atoms with Crippen LogP contribution in [0.2, 0.25) is 0 Å². The lowest BCUT2D eigenvalue weighted by atomic mass is 10.1. The average Bonchev–Trinajstić information content (AvgIpc) is 3.61. The molecular formula is C24H24N2O3. The smallest absolute Gasteiger partial charge is 0.266 e. The Morgan fingerprint density at radius 1 is 1.00 bits per heavy atom. The van der Waals surface area contributed by atoms with Gasteiger partial charge in [-0.3, -0.25) is 4.79 Å². The molecule has 1 aliphatic rings. The van der Waals surface area contributed by atoms with Crippen LogP contribution in [-0.2, 0) is 11.3 Å². The summed E-state index contributed by atoms with van der Waals surface area (Å²) in [6.45, 7) is 1.11. The van der Waals surface area contributed by atoms with E-state index in [0.29, 0.717) is 24.1 Å². The van der Waals surface area contributed by atoms with Crippen LogP contribution in [0.5, 0.6) is 11.6 Å². The Bertz CT molecular complexity index is 910. The first kappa shape index (κ1) is 19.0. The first-order valence-electron chi connectivity index (χ1n) is 9.90. The molecule has 1 aromatic heterocycles. The van der Waals surface area contributed by atoms with Crippen molar-refractivity contribution in [1.29, 1.82) is 0 Å². The zero-order valence-corrected chi connectivity index (χ0v) is 16.2. The molecule has 0 bridgehead atoms. The van der Waals surface area contributed by atoms with Crippen LogP contribution in [0.3, 0.4) is 0 Å². The van der Waals surface area contributed by atoms with Gasteiger partial charge in [0.2, 0.25) is 12.0 Å². The number of pyridine rings is 1. The van der Waals surface area contributed by atoms with Gasteiger partial charge in [-0.05, 0) is 36.5 Å². The average molecular weight is 388 g/mol. The third-order valence-electron chi connectivity index (χ3n) is 4.77. The Balaban J connectivity index is 1.38. The fraction of sp³-hybridized carbons (Fsp3) is 0.250. The van der Waals surface area contributed by atoms with Crippen molar-refractivity contribution in [2.45, 2.75) is 25.5 Å². The van der Waals surface area contributed by atoms with Gasteiger partial charge in [0.1, 0.15) is 5.75 Å². The summed E-state index contributed by atoms with van der Waals surface area (Å²) < 4.78 is 11.6. The Labute approximate surface area is 170 Å². The van der Waals surface area contributed by atoms with E-state index in [2.05, 4.69) is 10.3 Å². The molecular weight excluding hydrogens is 364 g/mol. The van der Waals surface area contributed by atoms with Gasteiger partial charge in [-0.2, -0.15) is 0 Å². The van der Waals surface area contributed by atoms with Crippen LogP contribution in [0.4, 0.5) is 0 Å². The van der Waals surface area contributed by atoms with Gasteiger partial charge < -0.3 is 14.8 Å². The second-order valence-corrected chi connectivity index (χ2v) is 7.20. The molecule has 148 valence electrons. The lowest BCUT2D eigenvalue weighted by molar-refractivity contribution is -0.128. The van der Waals surface area contributed by atoms with E-state index >= 15 is 0 Å². The van der Waals surface area contributed by atoms with E-state index in [1.54, 1.807) is 6.20 Å². The fourth-order valence-electron chi connectivity index (χ4n) is 2.91. The zero-order chi connectivity index (χ0) is 19.9. The molecule has 0 radical (unpaired) electrons. The summed E-state index contributed by atoms with van der Waals surface area (Å²) in [7, 11) is 0. The second-order valence-electron chi connectivity index (χ2n) is 7.20. The minimum Gasteiger partial charge on any atom is -0.477 e. The highest BCUT2D eigenvalue weighted by Gasteiger charge is 2.23. The lowest BCUT2D eigenvalue weighted by Gasteiger charge is -2.19. The van der Waals surface area contributed by atoms with Gasteiger partial charge in [-0.1, -0.05) is 54.6 Å². The maximum Gasteiger partial charge on any atom is 0.266 e. The summed E-state index contributed by atoms with van der Waals surface area (Å²) in [6.07, 6.45) is 3.50. The molecule has 5 nitrogen and oxygen atoms in total. The molecule has 1 fully saturated rings. The largest absolute Gasteiger partial charge is 0.477 e. The number of para-hydroxylation sites is 1. The molecule has 0 saturated heterocycles. The molecule has 4 rings (SSSR count). The Morgan fingerprint density at radius 3 is 2.38 bits per heavy atom. The van der Waals surface area contributed by atoms with E-state index in [0.717, 1.165) is 17.7 Å². The summed E-state index contributed by atoms with van der Waals surface area (Å²) in [5.74, 6) is 1.77. The van der Waals surface area contributed by atoms with Crippen molar-refractivity contribution in [2.24, 2.45) is 5.92 Å². The maximum absolute atomic E-state index is 12.9. The molecule has 1 aliphatic carbocycles. The van der Waals surface area contributed by atoms with E-state index in [-0.39, 0.29) is 5.91 Å². The first-order chi connectivity index (χ1) is 14.3. The predicted molar refractivity (Wildman–Crippen MR) is 111 cm³/mol. The van der Waals surface area contributed by atoms with Crippen molar-refractivity contribution in [3.8, 4) is 11.6 Å². The van der Waals surface area contributed by atoms with Crippen molar-refractivity contribution in [1.82, 2.24) is 10.3 Å². The highest BCUT2D eigenvalue weighted by atomic mass is 16.5. The standard InChI is InChI=1S/C24H24N2O3/c27-24(26-16-19-13-14-22(25-15-19)28-17-18-11-12-18)23(20-7-3-1-4-8-20)29-21-9-5-2-6-10-21/h1-10,13-15,18,23H,11-12,16-17H2,(H,26,27). The Kier molecular flexibility index (Phi) is 6.05. The minimum atomic E-state index is -0.729. The normalized spacial score (nSPS) is 14.1. The summed E-state index contributed by atoms with van der Waals surface area (Å²) >= 11 is 0. The van der Waals surface area contributed by atoms with Crippen LogP contribution in [0.15, 0.2) is 79.0 Å². The number of carbonyl (C=O) groups is 1. The van der Waals surface area contributed by atoms with Gasteiger partial charge in [0.25, 0.3) is 5.91 Å². The van der Waals surface area contributed by atoms with Gasteiger partial charge in [0.05, 0.1) is 6.61 Å². The molecule has 1 heterocycles. The minimum absolute atomic E-state index is 0.200. The van der Waals surface area contributed by atoms with Gasteiger partial charge in [-0.15, -0.1) is 0 Å². The van der Waals surface area contributed by atoms with E-state index < -0.39 is 6.10 Å². The Hall–Kier alpha value is -3.34. The monoisotopic (exact) mass is 388 g/mol. The lowest BCUT2D eigenvalue weighted by Crippen LogP contribution is -2.32. The number of nitrogens with zero attached hydrogens (tertiary/aromatic N) is 1. The maximum atomic E-state index is 12.9. The SMILES string of the molecule is O=C(NCc1ccc(OCC2CC2)nc1)C(Oc1ccccc1)c1ccccc1. The number of amides is 1. The molecule has 3 aromatic rings. The number of ether oxygens (including phenoxy) is 2. The molecule has 5 heteroatoms. The second kappa shape index (κ2) is 9.24. The number of aromatic nitrogens is 1. The molecule has 1 N–H and O–H groups in total. The Morgan fingerprint density at radius 2 is 1.72 bits per heavy atom. The van der Waals surface area contributed by atoms with Gasteiger partial charge in [0.15, 0.2) is 0 Å². The molecule has 29 heavy (non-hydrogen) atoms. The summed E-state index contributed by atoms with van der Waals surface area (Å²) in [5.41, 5.74) is 1.71. The number of rotatable bonds is 9. The van der Waals surface area contributed by atoms with Crippen LogP contribution in [0.25, 0.3) is 0 Å². The van der Waals surface area contributed by atoms with E-state index in [9.17, 15) is 4.79 Å². The summed E-state index contributed by atoms with van der Waals surface area (Å²) in [4.78, 5) is 17.2. The summed E-state index contributed by atoms with van der Waals surface area (Å²) in [6, 6.07) is 22.6. The van der Waals surface area contributed by atoms with Crippen molar-refractivity contribution >= 4 is 5.91 Å². The first-order valence-corrected chi connectivity index (χ1v) is 9.90. The van der Waals surface area contributed by atoms with Crippen molar-refractivity contribution in [3.63, 3.8) is 0 Å². The van der Waals surface area contributed by atoms with Crippen LogP contribution in [-0.4, -0.2) is 17.5 Å². The highest BCUT2D eigenvalue weighted by molar-refractivity contribution is 5.82. The quantitative estimate of drug-likeness (QED) is 0.593. The van der Waals surface area contributed by atoms with E-state index in [4.69, 9.17) is 9.47 Å². The molecule has 0 aliphatic heterocycles. The van der Waals surface area contributed by atoms with Crippen LogP contribution in [0.1, 0.15) is 30.1 Å². The number of benzene rings is 2. The van der Waals surface area contributed by atoms with Crippen molar-refractivity contribution in [2.75, 3.05) is 6.61 Å². The number of hydrogen-bond donors (Lipinski definition) is 1. The molecule has 1 atom stereocenters. The van der Waals surface area contributed by atoms with Gasteiger partial charge >= 0.3 is 0 Å². The van der Waals surface area contributed by atoms with Crippen LogP contribution >= 0.6 is 0 Å². The van der Waals surface area contributed by atoms with Gasteiger partial charge in [-0.25, -0.2) is 4.98 Å². The van der Waals surface area contributed by atoms with E-state index in [1.165, 1.54) is 12.8 Å². The molecule has 1 unspecified atom stereocenters. The third kappa shape index (κ3) is 5.57. The number of carbonyl (C=O) groups excluding carboxylic acids is 1. The van der Waals surface area contributed by atoms with Crippen molar-refractivity contribution < 1.29 is 14.3 Å². The molecule has 0 spiro atoms. The van der Waals surface area contributed by atoms with Crippen molar-refractivity contribution in [3.05, 3.63) is 90.1 Å². The topological polar surface area (TPSA) is 60.5 Å². The summed E-state index contributed by atoms with van der Waals surface area (Å²) in [5, 5.41) is 2.95. The molecule has 1 saturated carbocycles. The highest BCUT2D eigenvalue weighted by Crippen LogP contribution is 2.29. The zero-order valence-electron chi connectivity index (χ0n) is 16.2. The third-order valence-corrected chi connectivity index (χ3v) is 4.77. The van der Waals surface area contributed by atoms with Crippen LogP contribution < -0.4 is 14.8 Å². The molecule has 2 aromatic carbocycles. The fourth-order valence-corrected chi connectivity index (χ4v) is 2.91. The number of hydrogen-bond acceptors (Lipinski definition) is 4. The van der Waals surface area contributed by atoms with Gasteiger partial charge in [0, 0.05) is 24.4 Å². The van der Waals surface area contributed by atoms with E-state index in [1.807, 2.05) is 72.8 Å².